The zero-order valence-electron chi connectivity index (χ0n) is 9.05. The molecule has 0 aliphatic carbocycles. The highest BCUT2D eigenvalue weighted by molar-refractivity contribution is 14.1. The van der Waals surface area contributed by atoms with Gasteiger partial charge in [0, 0.05) is 9.11 Å². The van der Waals surface area contributed by atoms with Gasteiger partial charge in [-0.15, -0.1) is 0 Å². The van der Waals surface area contributed by atoms with Crippen LogP contribution >= 0.6 is 22.6 Å². The van der Waals surface area contributed by atoms with Gasteiger partial charge in [0.1, 0.15) is 0 Å². The van der Waals surface area contributed by atoms with Crippen LogP contribution in [0.4, 0.5) is 0 Å². The van der Waals surface area contributed by atoms with Crippen LogP contribution in [0.1, 0.15) is 26.3 Å². The number of hydrogen-bond donors (Lipinski definition) is 1. The second-order valence-corrected chi connectivity index (χ2v) is 5.71. The zero-order chi connectivity index (χ0) is 10.8. The fraction of sp³-hybridized carbons (Fsp3) is 0.500. The molecule has 0 saturated heterocycles. The quantitative estimate of drug-likeness (QED) is 0.853. The van der Waals surface area contributed by atoms with Crippen LogP contribution in [-0.4, -0.2) is 5.54 Å². The fourth-order valence-electron chi connectivity index (χ4n) is 1.25. The molecule has 0 aromatic heterocycles. The van der Waals surface area contributed by atoms with Gasteiger partial charge in [0.2, 0.25) is 0 Å². The minimum atomic E-state index is -0.104. The van der Waals surface area contributed by atoms with Crippen molar-refractivity contribution < 1.29 is 0 Å². The summed E-state index contributed by atoms with van der Waals surface area (Å²) in [5.41, 5.74) is 7.45. The molecule has 0 saturated carbocycles. The molecular weight excluding hydrogens is 285 g/mol. The first kappa shape index (κ1) is 12.0. The number of halogens is 1. The third-order valence-corrected chi connectivity index (χ3v) is 3.54. The van der Waals surface area contributed by atoms with Gasteiger partial charge in [-0.3, -0.25) is 0 Å². The van der Waals surface area contributed by atoms with Crippen molar-refractivity contribution in [2.45, 2.75) is 32.7 Å². The Morgan fingerprint density at radius 1 is 1.29 bits per heavy atom. The van der Waals surface area contributed by atoms with E-state index in [1.807, 2.05) is 0 Å². The lowest BCUT2D eigenvalue weighted by molar-refractivity contribution is 0.338. The third-order valence-electron chi connectivity index (χ3n) is 2.82. The van der Waals surface area contributed by atoms with Crippen LogP contribution in [0.25, 0.3) is 0 Å². The molecule has 0 heterocycles. The molecule has 0 bridgehead atoms. The Balaban J connectivity index is 2.74. The standard InChI is InChI=1S/C12H18IN/c1-9(2)12(3,14)8-10-4-6-11(13)7-5-10/h4-7,9H,8,14H2,1-3H3. The van der Waals surface area contributed by atoms with Gasteiger partial charge in [-0.05, 0) is 59.5 Å². The van der Waals surface area contributed by atoms with Crippen LogP contribution in [0.2, 0.25) is 0 Å². The third kappa shape index (κ3) is 3.24. The minimum Gasteiger partial charge on any atom is -0.325 e. The van der Waals surface area contributed by atoms with Gasteiger partial charge in [0.05, 0.1) is 0 Å². The summed E-state index contributed by atoms with van der Waals surface area (Å²) in [5.74, 6) is 0.502. The van der Waals surface area contributed by atoms with Gasteiger partial charge in [0.25, 0.3) is 0 Å². The molecule has 14 heavy (non-hydrogen) atoms. The van der Waals surface area contributed by atoms with E-state index < -0.39 is 0 Å². The van der Waals surface area contributed by atoms with Crippen LogP contribution in [0.3, 0.4) is 0 Å². The molecule has 1 atom stereocenters. The second kappa shape index (κ2) is 4.62. The Morgan fingerprint density at radius 2 is 1.79 bits per heavy atom. The monoisotopic (exact) mass is 303 g/mol. The maximum atomic E-state index is 6.23. The first-order chi connectivity index (χ1) is 6.42. The average molecular weight is 303 g/mol. The van der Waals surface area contributed by atoms with Crippen LogP contribution in [0, 0.1) is 9.49 Å². The molecule has 0 aliphatic rings. The second-order valence-electron chi connectivity index (χ2n) is 4.46. The summed E-state index contributed by atoms with van der Waals surface area (Å²) in [6, 6.07) is 8.59. The molecule has 1 aromatic rings. The molecule has 0 amide bonds. The summed E-state index contributed by atoms with van der Waals surface area (Å²) in [4.78, 5) is 0. The van der Waals surface area contributed by atoms with E-state index in [2.05, 4.69) is 67.6 Å². The van der Waals surface area contributed by atoms with Crippen molar-refractivity contribution in [2.75, 3.05) is 0 Å². The van der Waals surface area contributed by atoms with Crippen LogP contribution in [0.5, 0.6) is 0 Å². The molecular formula is C12H18IN. The number of benzene rings is 1. The summed E-state index contributed by atoms with van der Waals surface area (Å²) in [7, 11) is 0. The van der Waals surface area contributed by atoms with E-state index in [4.69, 9.17) is 5.73 Å². The first-order valence-electron chi connectivity index (χ1n) is 4.95. The van der Waals surface area contributed by atoms with E-state index in [1.165, 1.54) is 9.13 Å². The smallest absolute Gasteiger partial charge is 0.0189 e. The molecule has 1 aromatic carbocycles. The van der Waals surface area contributed by atoms with Crippen molar-refractivity contribution in [3.8, 4) is 0 Å². The first-order valence-corrected chi connectivity index (χ1v) is 6.03. The van der Waals surface area contributed by atoms with Gasteiger partial charge in [-0.25, -0.2) is 0 Å². The molecule has 0 spiro atoms. The molecule has 1 nitrogen and oxygen atoms in total. The molecule has 1 unspecified atom stereocenters. The van der Waals surface area contributed by atoms with Crippen LogP contribution in [0.15, 0.2) is 24.3 Å². The molecule has 2 heteroatoms. The Morgan fingerprint density at radius 3 is 2.21 bits per heavy atom. The summed E-state index contributed by atoms with van der Waals surface area (Å²) >= 11 is 2.32. The molecule has 78 valence electrons. The van der Waals surface area contributed by atoms with Gasteiger partial charge in [-0.1, -0.05) is 26.0 Å². The molecule has 2 N–H and O–H groups in total. The van der Waals surface area contributed by atoms with E-state index in [0.717, 1.165) is 6.42 Å². The van der Waals surface area contributed by atoms with Gasteiger partial charge < -0.3 is 5.73 Å². The molecule has 0 fully saturated rings. The number of hydrogen-bond acceptors (Lipinski definition) is 1. The van der Waals surface area contributed by atoms with E-state index in [0.29, 0.717) is 5.92 Å². The Labute approximate surface area is 100 Å². The van der Waals surface area contributed by atoms with Crippen LogP contribution < -0.4 is 5.73 Å². The van der Waals surface area contributed by atoms with Gasteiger partial charge in [-0.2, -0.15) is 0 Å². The van der Waals surface area contributed by atoms with Crippen molar-refractivity contribution >= 4 is 22.6 Å². The Kier molecular flexibility index (Phi) is 3.95. The fourth-order valence-corrected chi connectivity index (χ4v) is 1.61. The highest BCUT2D eigenvalue weighted by atomic mass is 127. The highest BCUT2D eigenvalue weighted by Crippen LogP contribution is 2.19. The van der Waals surface area contributed by atoms with E-state index in [-0.39, 0.29) is 5.54 Å². The highest BCUT2D eigenvalue weighted by Gasteiger charge is 2.22. The predicted molar refractivity (Wildman–Crippen MR) is 70.3 cm³/mol. The number of rotatable bonds is 3. The summed E-state index contributed by atoms with van der Waals surface area (Å²) < 4.78 is 1.27. The predicted octanol–water partition coefficient (Wildman–Crippen LogP) is 3.21. The van der Waals surface area contributed by atoms with Crippen molar-refractivity contribution in [3.05, 3.63) is 33.4 Å². The maximum Gasteiger partial charge on any atom is 0.0189 e. The van der Waals surface area contributed by atoms with Crippen molar-refractivity contribution in [1.82, 2.24) is 0 Å². The Hall–Kier alpha value is -0.0900. The van der Waals surface area contributed by atoms with E-state index in [9.17, 15) is 0 Å². The summed E-state index contributed by atoms with van der Waals surface area (Å²) in [5, 5.41) is 0. The van der Waals surface area contributed by atoms with Gasteiger partial charge >= 0.3 is 0 Å². The zero-order valence-corrected chi connectivity index (χ0v) is 11.2. The van der Waals surface area contributed by atoms with Crippen LogP contribution in [-0.2, 0) is 6.42 Å². The SMILES string of the molecule is CC(C)C(C)(N)Cc1ccc(I)cc1. The molecule has 0 radical (unpaired) electrons. The largest absolute Gasteiger partial charge is 0.325 e. The lowest BCUT2D eigenvalue weighted by Crippen LogP contribution is -2.43. The molecule has 1 rings (SSSR count). The minimum absolute atomic E-state index is 0.104. The summed E-state index contributed by atoms with van der Waals surface area (Å²) in [6.45, 7) is 6.47. The topological polar surface area (TPSA) is 26.0 Å². The average Bonchev–Trinajstić information content (AvgIpc) is 2.08. The lowest BCUT2D eigenvalue weighted by atomic mass is 9.84. The number of nitrogens with two attached hydrogens (primary N) is 1. The van der Waals surface area contributed by atoms with Crippen molar-refractivity contribution in [3.63, 3.8) is 0 Å². The lowest BCUT2D eigenvalue weighted by Gasteiger charge is -2.29. The normalized spacial score (nSPS) is 15.6. The van der Waals surface area contributed by atoms with E-state index in [1.54, 1.807) is 0 Å². The van der Waals surface area contributed by atoms with Crippen molar-refractivity contribution in [2.24, 2.45) is 11.7 Å². The van der Waals surface area contributed by atoms with E-state index >= 15 is 0 Å². The Bertz CT molecular complexity index is 288. The maximum absolute atomic E-state index is 6.23. The van der Waals surface area contributed by atoms with Crippen molar-refractivity contribution in [1.29, 1.82) is 0 Å². The summed E-state index contributed by atoms with van der Waals surface area (Å²) in [6.07, 6.45) is 0.946. The molecule has 0 aliphatic heterocycles. The van der Waals surface area contributed by atoms with Gasteiger partial charge in [0.15, 0.2) is 0 Å².